The van der Waals surface area contributed by atoms with E-state index in [4.69, 9.17) is 0 Å². The Bertz CT molecular complexity index is 1080. The Morgan fingerprint density at radius 2 is 1.77 bits per heavy atom. The first-order valence-electron chi connectivity index (χ1n) is 7.94. The molecule has 3 aromatic carbocycles. The number of anilines is 1. The second-order valence-corrected chi connectivity index (χ2v) is 7.73. The maximum absolute atomic E-state index is 13.7. The first kappa shape index (κ1) is 17.0. The van der Waals surface area contributed by atoms with Crippen LogP contribution in [-0.4, -0.2) is 4.98 Å². The van der Waals surface area contributed by atoms with Crippen LogP contribution >= 0.6 is 23.3 Å². The summed E-state index contributed by atoms with van der Waals surface area (Å²) in [5.41, 5.74) is 4.09. The van der Waals surface area contributed by atoms with Crippen LogP contribution in [0.25, 0.3) is 20.8 Å². The first-order chi connectivity index (χ1) is 12.6. The van der Waals surface area contributed by atoms with Gasteiger partial charge in [-0.1, -0.05) is 6.07 Å². The van der Waals surface area contributed by atoms with Gasteiger partial charge >= 0.3 is 0 Å². The lowest BCUT2D eigenvalue weighted by Crippen LogP contribution is -1.90. The van der Waals surface area contributed by atoms with Gasteiger partial charge in [0.1, 0.15) is 16.6 Å². The van der Waals surface area contributed by atoms with Crippen molar-refractivity contribution in [3.8, 4) is 10.6 Å². The van der Waals surface area contributed by atoms with E-state index in [1.54, 1.807) is 11.3 Å². The van der Waals surface area contributed by atoms with Crippen molar-refractivity contribution in [1.82, 2.24) is 4.98 Å². The summed E-state index contributed by atoms with van der Waals surface area (Å²) >= 11 is 2.77. The highest BCUT2D eigenvalue weighted by molar-refractivity contribution is 8.00. The summed E-state index contributed by atoms with van der Waals surface area (Å²) in [6.45, 7) is 2.07. The zero-order chi connectivity index (χ0) is 18.1. The van der Waals surface area contributed by atoms with Gasteiger partial charge in [-0.05, 0) is 73.0 Å². The molecule has 1 aromatic heterocycles. The molecular weight excluding hydrogens is 370 g/mol. The lowest BCUT2D eigenvalue weighted by molar-refractivity contribution is 0.566. The molecule has 0 atom stereocenters. The minimum absolute atomic E-state index is 0.344. The Balaban J connectivity index is 1.50. The summed E-state index contributed by atoms with van der Waals surface area (Å²) < 4.78 is 30.8. The number of fused-ring (bicyclic) bond motifs is 1. The van der Waals surface area contributed by atoms with Crippen LogP contribution in [0.15, 0.2) is 65.6 Å². The molecule has 0 amide bonds. The van der Waals surface area contributed by atoms with Gasteiger partial charge in [0.15, 0.2) is 0 Å². The lowest BCUT2D eigenvalue weighted by atomic mass is 10.2. The van der Waals surface area contributed by atoms with Gasteiger partial charge in [0.25, 0.3) is 0 Å². The fourth-order valence-electron chi connectivity index (χ4n) is 2.51. The van der Waals surface area contributed by atoms with Gasteiger partial charge in [-0.3, -0.25) is 0 Å². The van der Waals surface area contributed by atoms with Gasteiger partial charge < -0.3 is 4.72 Å². The SMILES string of the molecule is Cc1ccc2nc(-c3ccc(NSc4ccc(F)cc4F)cc3)sc2c1. The van der Waals surface area contributed by atoms with Crippen molar-refractivity contribution in [1.29, 1.82) is 0 Å². The molecule has 0 aliphatic carbocycles. The molecule has 4 rings (SSSR count). The van der Waals surface area contributed by atoms with Crippen molar-refractivity contribution >= 4 is 39.2 Å². The van der Waals surface area contributed by atoms with E-state index in [2.05, 4.69) is 28.8 Å². The first-order valence-corrected chi connectivity index (χ1v) is 9.57. The van der Waals surface area contributed by atoms with Crippen LogP contribution in [0.2, 0.25) is 0 Å². The molecule has 6 heteroatoms. The van der Waals surface area contributed by atoms with Crippen molar-refractivity contribution < 1.29 is 8.78 Å². The Hall–Kier alpha value is -2.44. The summed E-state index contributed by atoms with van der Waals surface area (Å²) in [4.78, 5) is 5.02. The Morgan fingerprint density at radius 3 is 2.54 bits per heavy atom. The van der Waals surface area contributed by atoms with Crippen LogP contribution in [0.3, 0.4) is 0 Å². The number of hydrogen-bond acceptors (Lipinski definition) is 4. The molecule has 1 heterocycles. The molecule has 1 N–H and O–H groups in total. The molecule has 0 radical (unpaired) electrons. The number of aryl methyl sites for hydroxylation is 1. The van der Waals surface area contributed by atoms with Gasteiger partial charge in [0, 0.05) is 17.3 Å². The molecule has 130 valence electrons. The summed E-state index contributed by atoms with van der Waals surface area (Å²) in [7, 11) is 0. The fraction of sp³-hybridized carbons (Fsp3) is 0.0500. The third kappa shape index (κ3) is 3.57. The van der Waals surface area contributed by atoms with Crippen LogP contribution < -0.4 is 4.72 Å². The highest BCUT2D eigenvalue weighted by atomic mass is 32.2. The molecule has 4 aromatic rings. The molecule has 0 saturated carbocycles. The van der Waals surface area contributed by atoms with E-state index in [9.17, 15) is 8.78 Å². The summed E-state index contributed by atoms with van der Waals surface area (Å²) in [5.74, 6) is -1.16. The average molecular weight is 384 g/mol. The second kappa shape index (κ2) is 7.05. The van der Waals surface area contributed by atoms with Crippen LogP contribution in [0.4, 0.5) is 14.5 Å². The standard InChI is InChI=1S/C20H14F2N2S2/c1-12-2-8-17-19(10-12)25-20(23-17)13-3-6-15(7-4-13)24-26-18-9-5-14(21)11-16(18)22/h2-11,24H,1H3. The maximum Gasteiger partial charge on any atom is 0.141 e. The molecule has 0 bridgehead atoms. The molecule has 0 saturated heterocycles. The zero-order valence-electron chi connectivity index (χ0n) is 13.8. The maximum atomic E-state index is 13.7. The van der Waals surface area contributed by atoms with E-state index in [0.29, 0.717) is 4.90 Å². The number of halogens is 2. The normalized spacial score (nSPS) is 11.0. The Morgan fingerprint density at radius 1 is 0.962 bits per heavy atom. The molecule has 0 fully saturated rings. The number of benzene rings is 3. The highest BCUT2D eigenvalue weighted by Gasteiger charge is 2.08. The van der Waals surface area contributed by atoms with Gasteiger partial charge in [0.05, 0.1) is 15.1 Å². The predicted molar refractivity (Wildman–Crippen MR) is 106 cm³/mol. The van der Waals surface area contributed by atoms with Crippen LogP contribution in [0.5, 0.6) is 0 Å². The van der Waals surface area contributed by atoms with E-state index < -0.39 is 11.6 Å². The Kier molecular flexibility index (Phi) is 4.61. The quantitative estimate of drug-likeness (QED) is 0.398. The summed E-state index contributed by atoms with van der Waals surface area (Å²) in [6.07, 6.45) is 0. The van der Waals surface area contributed by atoms with E-state index in [1.807, 2.05) is 30.3 Å². The topological polar surface area (TPSA) is 24.9 Å². The van der Waals surface area contributed by atoms with E-state index >= 15 is 0 Å². The minimum atomic E-state index is -0.581. The smallest absolute Gasteiger partial charge is 0.141 e. The van der Waals surface area contributed by atoms with Crippen molar-refractivity contribution in [2.24, 2.45) is 0 Å². The fourth-order valence-corrected chi connectivity index (χ4v) is 4.23. The molecule has 0 spiro atoms. The van der Waals surface area contributed by atoms with Crippen LogP contribution in [-0.2, 0) is 0 Å². The monoisotopic (exact) mass is 384 g/mol. The lowest BCUT2D eigenvalue weighted by Gasteiger charge is -2.07. The number of aromatic nitrogens is 1. The minimum Gasteiger partial charge on any atom is -0.326 e. The van der Waals surface area contributed by atoms with Crippen molar-refractivity contribution in [2.75, 3.05) is 4.72 Å². The van der Waals surface area contributed by atoms with Gasteiger partial charge in [-0.25, -0.2) is 13.8 Å². The second-order valence-electron chi connectivity index (χ2n) is 5.85. The molecule has 2 nitrogen and oxygen atoms in total. The van der Waals surface area contributed by atoms with Crippen molar-refractivity contribution in [3.05, 3.63) is 77.9 Å². The molecule has 0 aliphatic heterocycles. The van der Waals surface area contributed by atoms with Gasteiger partial charge in [-0.2, -0.15) is 0 Å². The largest absolute Gasteiger partial charge is 0.326 e. The zero-order valence-corrected chi connectivity index (χ0v) is 15.4. The number of thiazole rings is 1. The van der Waals surface area contributed by atoms with Gasteiger partial charge in [0.2, 0.25) is 0 Å². The van der Waals surface area contributed by atoms with E-state index in [1.165, 1.54) is 22.4 Å². The molecule has 0 unspecified atom stereocenters. The van der Waals surface area contributed by atoms with E-state index in [0.717, 1.165) is 39.8 Å². The van der Waals surface area contributed by atoms with E-state index in [-0.39, 0.29) is 0 Å². The number of nitrogens with one attached hydrogen (secondary N) is 1. The summed E-state index contributed by atoms with van der Waals surface area (Å²) in [6, 6.07) is 17.6. The molecular formula is C20H14F2N2S2. The number of hydrogen-bond donors (Lipinski definition) is 1. The predicted octanol–water partition coefficient (Wildman–Crippen LogP) is 6.67. The highest BCUT2D eigenvalue weighted by Crippen LogP contribution is 2.32. The third-order valence-electron chi connectivity index (χ3n) is 3.85. The Labute approximate surface area is 158 Å². The van der Waals surface area contributed by atoms with Crippen molar-refractivity contribution in [2.45, 2.75) is 11.8 Å². The average Bonchev–Trinajstić information content (AvgIpc) is 3.04. The molecule has 0 aliphatic rings. The summed E-state index contributed by atoms with van der Waals surface area (Å²) in [5, 5.41) is 0.967. The van der Waals surface area contributed by atoms with Crippen molar-refractivity contribution in [3.63, 3.8) is 0 Å². The number of nitrogens with zero attached hydrogens (tertiary/aromatic N) is 1. The van der Waals surface area contributed by atoms with Crippen LogP contribution in [0.1, 0.15) is 5.56 Å². The van der Waals surface area contributed by atoms with Crippen LogP contribution in [0, 0.1) is 18.6 Å². The van der Waals surface area contributed by atoms with Gasteiger partial charge in [-0.15, -0.1) is 11.3 Å². The molecule has 26 heavy (non-hydrogen) atoms. The third-order valence-corrected chi connectivity index (χ3v) is 5.80. The number of rotatable bonds is 4.